The number of carbonyl (C=O) groups is 1. The minimum atomic E-state index is -0.189. The number of ether oxygens (including phenoxy) is 1. The third kappa shape index (κ3) is 4.87. The standard InChI is InChI=1S/C21H18N4O3S2/c1-13-6-8-14(9-7-13)17-11-29-20(22-17)23-18(26)12-30-21-25-24-19(28-21)15-4-3-5-16(10-15)27-2/h3-11H,12H2,1-2H3,(H,22,23,26). The highest BCUT2D eigenvalue weighted by Crippen LogP contribution is 2.27. The quantitative estimate of drug-likeness (QED) is 0.410. The van der Waals surface area contributed by atoms with E-state index in [0.29, 0.717) is 22.0 Å². The molecule has 2 heterocycles. The van der Waals surface area contributed by atoms with E-state index >= 15 is 0 Å². The number of nitrogens with one attached hydrogen (secondary N) is 1. The number of hydrogen-bond acceptors (Lipinski definition) is 8. The van der Waals surface area contributed by atoms with Crippen LogP contribution in [0.1, 0.15) is 5.56 Å². The van der Waals surface area contributed by atoms with E-state index in [9.17, 15) is 4.79 Å². The minimum Gasteiger partial charge on any atom is -0.497 e. The number of aryl methyl sites for hydroxylation is 1. The number of carbonyl (C=O) groups excluding carboxylic acids is 1. The van der Waals surface area contributed by atoms with E-state index in [1.807, 2.05) is 60.8 Å². The number of methoxy groups -OCH3 is 1. The molecule has 0 atom stereocenters. The maximum absolute atomic E-state index is 12.3. The summed E-state index contributed by atoms with van der Waals surface area (Å²) in [5, 5.41) is 13.6. The molecule has 1 N–H and O–H groups in total. The molecule has 1 amide bonds. The number of nitrogens with zero attached hydrogens (tertiary/aromatic N) is 3. The van der Waals surface area contributed by atoms with Gasteiger partial charge in [-0.3, -0.25) is 4.79 Å². The van der Waals surface area contributed by atoms with Gasteiger partial charge < -0.3 is 14.5 Å². The summed E-state index contributed by atoms with van der Waals surface area (Å²) in [6.45, 7) is 2.04. The van der Waals surface area contributed by atoms with Crippen LogP contribution in [-0.2, 0) is 4.79 Å². The molecule has 0 unspecified atom stereocenters. The normalized spacial score (nSPS) is 10.7. The molecule has 4 rings (SSSR count). The molecule has 0 aliphatic carbocycles. The van der Waals surface area contributed by atoms with Crippen molar-refractivity contribution in [2.75, 3.05) is 18.2 Å². The maximum Gasteiger partial charge on any atom is 0.277 e. The molecule has 7 nitrogen and oxygen atoms in total. The van der Waals surface area contributed by atoms with Crippen LogP contribution in [0, 0.1) is 6.92 Å². The number of anilines is 1. The summed E-state index contributed by atoms with van der Waals surface area (Å²) < 4.78 is 10.8. The summed E-state index contributed by atoms with van der Waals surface area (Å²) >= 11 is 2.56. The van der Waals surface area contributed by atoms with Crippen molar-refractivity contribution in [1.82, 2.24) is 15.2 Å². The first-order chi connectivity index (χ1) is 14.6. The van der Waals surface area contributed by atoms with Crippen molar-refractivity contribution in [3.63, 3.8) is 0 Å². The second-order valence-corrected chi connectivity index (χ2v) is 8.13. The van der Waals surface area contributed by atoms with Gasteiger partial charge in [0.25, 0.3) is 5.22 Å². The molecule has 0 aliphatic rings. The van der Waals surface area contributed by atoms with Gasteiger partial charge in [0.15, 0.2) is 5.13 Å². The highest BCUT2D eigenvalue weighted by atomic mass is 32.2. The van der Waals surface area contributed by atoms with Crippen LogP contribution in [0.25, 0.3) is 22.7 Å². The Morgan fingerprint density at radius 2 is 2.00 bits per heavy atom. The molecule has 4 aromatic rings. The summed E-state index contributed by atoms with van der Waals surface area (Å²) in [5.41, 5.74) is 3.80. The Balaban J connectivity index is 1.33. The Kier molecular flexibility index (Phi) is 6.10. The number of thiazole rings is 1. The van der Waals surface area contributed by atoms with Gasteiger partial charge in [-0.05, 0) is 25.1 Å². The summed E-state index contributed by atoms with van der Waals surface area (Å²) in [5.74, 6) is 1.03. The first kappa shape index (κ1) is 20.1. The van der Waals surface area contributed by atoms with Gasteiger partial charge in [0, 0.05) is 16.5 Å². The average molecular weight is 439 g/mol. The number of hydrogen-bond donors (Lipinski definition) is 1. The zero-order valence-electron chi connectivity index (χ0n) is 16.3. The lowest BCUT2D eigenvalue weighted by molar-refractivity contribution is -0.113. The van der Waals surface area contributed by atoms with Gasteiger partial charge in [0.2, 0.25) is 11.8 Å². The fourth-order valence-corrected chi connectivity index (χ4v) is 3.91. The predicted octanol–water partition coefficient (Wildman–Crippen LogP) is 4.91. The number of rotatable bonds is 7. The van der Waals surface area contributed by atoms with Crippen molar-refractivity contribution in [2.24, 2.45) is 0 Å². The molecular formula is C21H18N4O3S2. The molecule has 0 fully saturated rings. The molecule has 0 bridgehead atoms. The highest BCUT2D eigenvalue weighted by Gasteiger charge is 2.13. The van der Waals surface area contributed by atoms with Crippen molar-refractivity contribution in [3.8, 4) is 28.5 Å². The minimum absolute atomic E-state index is 0.138. The van der Waals surface area contributed by atoms with E-state index in [4.69, 9.17) is 9.15 Å². The van der Waals surface area contributed by atoms with Crippen molar-refractivity contribution >= 4 is 34.1 Å². The van der Waals surface area contributed by atoms with Crippen LogP contribution in [0.2, 0.25) is 0 Å². The predicted molar refractivity (Wildman–Crippen MR) is 118 cm³/mol. The Labute approximate surface area is 181 Å². The Morgan fingerprint density at radius 1 is 1.17 bits per heavy atom. The Hall–Kier alpha value is -3.17. The summed E-state index contributed by atoms with van der Waals surface area (Å²) in [7, 11) is 1.60. The highest BCUT2D eigenvalue weighted by molar-refractivity contribution is 7.99. The van der Waals surface area contributed by atoms with Crippen LogP contribution in [0.15, 0.2) is 63.6 Å². The number of amides is 1. The molecule has 152 valence electrons. The summed E-state index contributed by atoms with van der Waals surface area (Å²) in [4.78, 5) is 16.7. The second kappa shape index (κ2) is 9.10. The van der Waals surface area contributed by atoms with E-state index in [2.05, 4.69) is 20.5 Å². The SMILES string of the molecule is COc1cccc(-c2nnc(SCC(=O)Nc3nc(-c4ccc(C)cc4)cs3)o2)c1. The van der Waals surface area contributed by atoms with Gasteiger partial charge >= 0.3 is 0 Å². The molecule has 30 heavy (non-hydrogen) atoms. The van der Waals surface area contributed by atoms with Gasteiger partial charge in [0.05, 0.1) is 18.6 Å². The summed E-state index contributed by atoms with van der Waals surface area (Å²) in [6, 6.07) is 15.4. The van der Waals surface area contributed by atoms with Gasteiger partial charge in [-0.2, -0.15) is 0 Å². The number of aromatic nitrogens is 3. The van der Waals surface area contributed by atoms with Crippen molar-refractivity contribution in [2.45, 2.75) is 12.1 Å². The lowest BCUT2D eigenvalue weighted by Gasteiger charge is -2.00. The van der Waals surface area contributed by atoms with Gasteiger partial charge in [-0.1, -0.05) is 47.7 Å². The van der Waals surface area contributed by atoms with Crippen LogP contribution in [0.3, 0.4) is 0 Å². The molecule has 0 saturated heterocycles. The Bertz CT molecular complexity index is 1160. The maximum atomic E-state index is 12.3. The van der Waals surface area contributed by atoms with Crippen LogP contribution in [-0.4, -0.2) is 34.0 Å². The molecular weight excluding hydrogens is 420 g/mol. The van der Waals surface area contributed by atoms with Crippen LogP contribution < -0.4 is 10.1 Å². The first-order valence-electron chi connectivity index (χ1n) is 9.04. The van der Waals surface area contributed by atoms with E-state index < -0.39 is 0 Å². The molecule has 0 radical (unpaired) electrons. The lowest BCUT2D eigenvalue weighted by atomic mass is 10.1. The van der Waals surface area contributed by atoms with E-state index in [0.717, 1.165) is 16.8 Å². The van der Waals surface area contributed by atoms with Crippen LogP contribution in [0.5, 0.6) is 5.75 Å². The van der Waals surface area contributed by atoms with Gasteiger partial charge in [-0.25, -0.2) is 4.98 Å². The van der Waals surface area contributed by atoms with Gasteiger partial charge in [0.1, 0.15) is 5.75 Å². The molecule has 2 aromatic carbocycles. The molecule has 0 saturated carbocycles. The van der Waals surface area contributed by atoms with E-state index in [-0.39, 0.29) is 11.7 Å². The first-order valence-corrected chi connectivity index (χ1v) is 10.9. The van der Waals surface area contributed by atoms with Crippen molar-refractivity contribution < 1.29 is 13.9 Å². The van der Waals surface area contributed by atoms with E-state index in [1.165, 1.54) is 28.7 Å². The monoisotopic (exact) mass is 438 g/mol. The van der Waals surface area contributed by atoms with Crippen molar-refractivity contribution in [3.05, 3.63) is 59.5 Å². The second-order valence-electron chi connectivity index (χ2n) is 6.35. The van der Waals surface area contributed by atoms with Gasteiger partial charge in [-0.15, -0.1) is 21.5 Å². The molecule has 2 aromatic heterocycles. The largest absolute Gasteiger partial charge is 0.497 e. The average Bonchev–Trinajstić information content (AvgIpc) is 3.43. The van der Waals surface area contributed by atoms with E-state index in [1.54, 1.807) is 7.11 Å². The fraction of sp³-hybridized carbons (Fsp3) is 0.143. The Morgan fingerprint density at radius 3 is 2.80 bits per heavy atom. The molecule has 0 spiro atoms. The molecule has 0 aliphatic heterocycles. The summed E-state index contributed by atoms with van der Waals surface area (Å²) in [6.07, 6.45) is 0. The fourth-order valence-electron chi connectivity index (χ4n) is 2.61. The van der Waals surface area contributed by atoms with Crippen LogP contribution in [0.4, 0.5) is 5.13 Å². The topological polar surface area (TPSA) is 90.1 Å². The third-order valence-electron chi connectivity index (χ3n) is 4.15. The number of thioether (sulfide) groups is 1. The molecule has 9 heteroatoms. The zero-order chi connectivity index (χ0) is 20.9. The smallest absolute Gasteiger partial charge is 0.277 e. The zero-order valence-corrected chi connectivity index (χ0v) is 17.9. The van der Waals surface area contributed by atoms with Crippen molar-refractivity contribution in [1.29, 1.82) is 0 Å². The van der Waals surface area contributed by atoms with Crippen LogP contribution >= 0.6 is 23.1 Å². The lowest BCUT2D eigenvalue weighted by Crippen LogP contribution is -2.13. The third-order valence-corrected chi connectivity index (χ3v) is 5.72. The number of benzene rings is 2.